The van der Waals surface area contributed by atoms with Crippen LogP contribution in [0.2, 0.25) is 5.02 Å². The fourth-order valence-electron chi connectivity index (χ4n) is 3.71. The zero-order valence-corrected chi connectivity index (χ0v) is 22.1. The van der Waals surface area contributed by atoms with E-state index in [1.165, 1.54) is 27.7 Å². The average Bonchev–Trinajstić information content (AvgIpc) is 3.24. The smallest absolute Gasteiger partial charge is 0.278 e. The van der Waals surface area contributed by atoms with E-state index in [1.54, 1.807) is 35.9 Å². The van der Waals surface area contributed by atoms with Gasteiger partial charge in [-0.2, -0.15) is 0 Å². The molecule has 0 atom stereocenters. The number of fused-ring (bicyclic) bond motifs is 1. The second-order valence-corrected chi connectivity index (χ2v) is 10.6. The van der Waals surface area contributed by atoms with Crippen molar-refractivity contribution in [1.29, 1.82) is 0 Å². The van der Waals surface area contributed by atoms with E-state index in [0.29, 0.717) is 47.2 Å². The van der Waals surface area contributed by atoms with Crippen LogP contribution < -0.4 is 10.3 Å². The first-order valence-electron chi connectivity index (χ1n) is 10.8. The largest absolute Gasteiger partial charge is 0.495 e. The molecule has 0 saturated carbocycles. The van der Waals surface area contributed by atoms with Gasteiger partial charge in [-0.1, -0.05) is 65.0 Å². The Balaban J connectivity index is 1.67. The summed E-state index contributed by atoms with van der Waals surface area (Å²) in [4.78, 5) is 31.5. The molecule has 0 bridgehead atoms. The molecule has 5 rings (SSSR count). The normalized spacial score (nSPS) is 11.1. The Bertz CT molecular complexity index is 1690. The third-order valence-corrected chi connectivity index (χ3v) is 7.96. The van der Waals surface area contributed by atoms with Crippen LogP contribution in [0.1, 0.15) is 10.4 Å². The van der Waals surface area contributed by atoms with Gasteiger partial charge in [-0.25, -0.2) is 4.98 Å². The van der Waals surface area contributed by atoms with E-state index >= 15 is 0 Å². The van der Waals surface area contributed by atoms with Gasteiger partial charge in [-0.05, 0) is 60.7 Å². The summed E-state index contributed by atoms with van der Waals surface area (Å²) < 4.78 is 9.69. The van der Waals surface area contributed by atoms with Crippen molar-refractivity contribution < 1.29 is 9.53 Å². The number of ether oxygens (including phenoxy) is 1. The molecule has 0 saturated heterocycles. The van der Waals surface area contributed by atoms with Gasteiger partial charge < -0.3 is 4.74 Å². The number of methoxy groups -OCH3 is 1. The Hall–Kier alpha value is -3.24. The molecule has 0 spiro atoms. The Labute approximate surface area is 224 Å². The summed E-state index contributed by atoms with van der Waals surface area (Å²) in [6, 6.07) is 23.4. The van der Waals surface area contributed by atoms with E-state index < -0.39 is 0 Å². The molecule has 3 aromatic carbocycles. The van der Waals surface area contributed by atoms with Crippen LogP contribution >= 0.6 is 46.9 Å². The highest BCUT2D eigenvalue weighted by Crippen LogP contribution is 2.31. The number of Topliss-reactive ketones (excluding diaryl/α,β-unsaturated/α-hetero) is 1. The van der Waals surface area contributed by atoms with Gasteiger partial charge in [0.25, 0.3) is 5.56 Å². The molecule has 2 heterocycles. The summed E-state index contributed by atoms with van der Waals surface area (Å²) in [6.45, 7) is 0. The minimum absolute atomic E-state index is 0.0892. The maximum atomic E-state index is 13.8. The molecule has 0 radical (unpaired) electrons. The van der Waals surface area contributed by atoms with Crippen LogP contribution in [0.5, 0.6) is 5.75 Å². The first kappa shape index (κ1) is 24.5. The molecule has 6 nitrogen and oxygen atoms in total. The Morgan fingerprint density at radius 3 is 2.44 bits per heavy atom. The van der Waals surface area contributed by atoms with Crippen LogP contribution in [0.25, 0.3) is 21.7 Å². The number of aromatic nitrogens is 3. The number of hydrogen-bond acceptors (Lipinski definition) is 7. The monoisotopic (exact) mass is 551 g/mol. The second kappa shape index (κ2) is 10.4. The molecule has 0 aliphatic rings. The highest BCUT2D eigenvalue weighted by atomic mass is 35.5. The van der Waals surface area contributed by atoms with E-state index in [4.69, 9.17) is 33.5 Å². The van der Waals surface area contributed by atoms with Crippen LogP contribution in [0, 0.1) is 3.95 Å². The third-order valence-electron chi connectivity index (χ3n) is 5.42. The number of nitrogens with zero attached hydrogens (tertiary/aromatic N) is 3. The lowest BCUT2D eigenvalue weighted by molar-refractivity contribution is 0.102. The summed E-state index contributed by atoms with van der Waals surface area (Å²) in [5.41, 5.74) is 2.05. The standard InChI is InChI=1S/C26H18ClN3O3S3/c1-33-21-10-6-5-9-19(21)30-23-22(36-26(30)34)24(32)29(18-7-3-2-4-8-18)25(28-23)35-15-20(31)16-11-13-17(27)14-12-16/h2-14H,15H2,1H3. The van der Waals surface area contributed by atoms with Crippen LogP contribution in [-0.4, -0.2) is 32.8 Å². The topological polar surface area (TPSA) is 66.1 Å². The van der Waals surface area contributed by atoms with Gasteiger partial charge in [0.1, 0.15) is 10.4 Å². The summed E-state index contributed by atoms with van der Waals surface area (Å²) in [5, 5.41) is 0.944. The molecule has 0 aliphatic heterocycles. The number of carbonyl (C=O) groups excluding carboxylic acids is 1. The molecule has 0 fully saturated rings. The van der Waals surface area contributed by atoms with Crippen molar-refractivity contribution in [1.82, 2.24) is 14.1 Å². The Morgan fingerprint density at radius 2 is 1.72 bits per heavy atom. The maximum absolute atomic E-state index is 13.8. The third kappa shape index (κ3) is 4.62. The zero-order valence-electron chi connectivity index (χ0n) is 18.9. The number of hydrogen-bond donors (Lipinski definition) is 0. The van der Waals surface area contributed by atoms with Gasteiger partial charge in [-0.3, -0.25) is 18.7 Å². The van der Waals surface area contributed by atoms with Crippen molar-refractivity contribution in [3.63, 3.8) is 0 Å². The summed E-state index contributed by atoms with van der Waals surface area (Å²) >= 11 is 14.0. The van der Waals surface area contributed by atoms with Gasteiger partial charge in [0.05, 0.1) is 24.2 Å². The number of ketones is 1. The minimum Gasteiger partial charge on any atom is -0.495 e. The van der Waals surface area contributed by atoms with Crippen molar-refractivity contribution in [3.8, 4) is 17.1 Å². The highest BCUT2D eigenvalue weighted by molar-refractivity contribution is 7.99. The molecule has 0 amide bonds. The molecule has 5 aromatic rings. The first-order valence-corrected chi connectivity index (χ1v) is 13.4. The number of halogens is 1. The lowest BCUT2D eigenvalue weighted by Gasteiger charge is -2.13. The molecule has 180 valence electrons. The van der Waals surface area contributed by atoms with Crippen molar-refractivity contribution in [3.05, 3.63) is 104 Å². The Morgan fingerprint density at radius 1 is 1.03 bits per heavy atom. The van der Waals surface area contributed by atoms with Gasteiger partial charge in [-0.15, -0.1) is 0 Å². The first-order chi connectivity index (χ1) is 17.5. The lowest BCUT2D eigenvalue weighted by Crippen LogP contribution is -2.22. The number of rotatable bonds is 7. The molecule has 2 aromatic heterocycles. The molecule has 0 N–H and O–H groups in total. The van der Waals surface area contributed by atoms with Crippen molar-refractivity contribution in [2.75, 3.05) is 12.9 Å². The second-order valence-electron chi connectivity index (χ2n) is 7.62. The van der Waals surface area contributed by atoms with Crippen LogP contribution in [0.4, 0.5) is 0 Å². The molecular weight excluding hydrogens is 534 g/mol. The molecule has 0 aliphatic carbocycles. The zero-order chi connectivity index (χ0) is 25.2. The SMILES string of the molecule is COc1ccccc1-n1c(=S)sc2c(=O)n(-c3ccccc3)c(SCC(=O)c3ccc(Cl)cc3)nc21. The fourth-order valence-corrected chi connectivity index (χ4v) is 6.03. The average molecular weight is 552 g/mol. The predicted molar refractivity (Wildman–Crippen MR) is 148 cm³/mol. The van der Waals surface area contributed by atoms with Gasteiger partial charge in [0.2, 0.25) is 0 Å². The van der Waals surface area contributed by atoms with Crippen molar-refractivity contribution in [2.45, 2.75) is 5.16 Å². The quantitative estimate of drug-likeness (QED) is 0.0982. The van der Waals surface area contributed by atoms with Crippen LogP contribution in [0.3, 0.4) is 0 Å². The summed E-state index contributed by atoms with van der Waals surface area (Å²) in [5.74, 6) is 0.596. The van der Waals surface area contributed by atoms with E-state index in [0.717, 1.165) is 0 Å². The van der Waals surface area contributed by atoms with E-state index in [2.05, 4.69) is 0 Å². The Kier molecular flexibility index (Phi) is 7.06. The number of para-hydroxylation sites is 3. The van der Waals surface area contributed by atoms with Crippen LogP contribution in [0.15, 0.2) is 88.8 Å². The summed E-state index contributed by atoms with van der Waals surface area (Å²) in [7, 11) is 1.58. The van der Waals surface area contributed by atoms with Crippen LogP contribution in [-0.2, 0) is 0 Å². The van der Waals surface area contributed by atoms with E-state index in [-0.39, 0.29) is 17.1 Å². The number of thiazole rings is 1. The number of carbonyl (C=O) groups is 1. The molecular formula is C26H18ClN3O3S3. The predicted octanol–water partition coefficient (Wildman–Crippen LogP) is 6.60. The molecule has 0 unspecified atom stereocenters. The van der Waals surface area contributed by atoms with E-state index in [9.17, 15) is 9.59 Å². The number of benzene rings is 3. The lowest BCUT2D eigenvalue weighted by atomic mass is 10.1. The van der Waals surface area contributed by atoms with Crippen molar-refractivity contribution in [2.24, 2.45) is 0 Å². The highest BCUT2D eigenvalue weighted by Gasteiger charge is 2.21. The maximum Gasteiger partial charge on any atom is 0.278 e. The fraction of sp³-hybridized carbons (Fsp3) is 0.0769. The van der Waals surface area contributed by atoms with Gasteiger partial charge in [0, 0.05) is 10.6 Å². The van der Waals surface area contributed by atoms with Gasteiger partial charge in [0.15, 0.2) is 20.5 Å². The molecule has 36 heavy (non-hydrogen) atoms. The minimum atomic E-state index is -0.252. The van der Waals surface area contributed by atoms with Gasteiger partial charge >= 0.3 is 0 Å². The summed E-state index contributed by atoms with van der Waals surface area (Å²) in [6.07, 6.45) is 0. The van der Waals surface area contributed by atoms with Crippen molar-refractivity contribution >= 4 is 63.0 Å². The number of thioether (sulfide) groups is 1. The molecule has 10 heteroatoms. The van der Waals surface area contributed by atoms with E-state index in [1.807, 2.05) is 54.6 Å².